The third-order valence-electron chi connectivity index (χ3n) is 4.04. The van der Waals surface area contributed by atoms with Crippen LogP contribution in [0.5, 0.6) is 0 Å². The number of aryl methyl sites for hydroxylation is 1. The van der Waals surface area contributed by atoms with E-state index in [-0.39, 0.29) is 18.4 Å². The maximum atomic E-state index is 11.9. The van der Waals surface area contributed by atoms with Crippen molar-refractivity contribution in [2.24, 2.45) is 0 Å². The number of anilines is 3. The van der Waals surface area contributed by atoms with Crippen LogP contribution in [0.3, 0.4) is 0 Å². The second-order valence-corrected chi connectivity index (χ2v) is 6.46. The second-order valence-electron chi connectivity index (χ2n) is 6.46. The molecule has 0 bridgehead atoms. The first-order valence-electron chi connectivity index (χ1n) is 9.46. The molecular formula is C21H23N7O2. The van der Waals surface area contributed by atoms with Crippen molar-refractivity contribution in [3.05, 3.63) is 72.2 Å². The monoisotopic (exact) mass is 405 g/mol. The topological polar surface area (TPSA) is 121 Å². The van der Waals surface area contributed by atoms with Crippen LogP contribution in [0.4, 0.5) is 17.5 Å². The summed E-state index contributed by atoms with van der Waals surface area (Å²) in [6.45, 7) is 2.75. The minimum absolute atomic E-state index is 0.0845. The average Bonchev–Trinajstić information content (AvgIpc) is 2.76. The van der Waals surface area contributed by atoms with E-state index in [1.54, 1.807) is 36.5 Å². The number of hydrogen-bond acceptors (Lipinski definition) is 7. The van der Waals surface area contributed by atoms with Crippen LogP contribution >= 0.6 is 0 Å². The largest absolute Gasteiger partial charge is 0.368 e. The van der Waals surface area contributed by atoms with Gasteiger partial charge in [0.05, 0.1) is 6.54 Å². The van der Waals surface area contributed by atoms with Crippen molar-refractivity contribution in [2.75, 3.05) is 30.3 Å². The first-order valence-corrected chi connectivity index (χ1v) is 9.46. The predicted octanol–water partition coefficient (Wildman–Crippen LogP) is 1.88. The number of benzene rings is 1. The van der Waals surface area contributed by atoms with Crippen LogP contribution in [0.25, 0.3) is 0 Å². The molecular weight excluding hydrogens is 382 g/mol. The SMILES string of the molecule is Cc1ccnc(Nc2cc(NCCNC(=O)CNC(=O)c3ccccc3)ncn2)c1. The number of rotatable bonds is 9. The van der Waals surface area contributed by atoms with Crippen molar-refractivity contribution in [2.45, 2.75) is 6.92 Å². The lowest BCUT2D eigenvalue weighted by Crippen LogP contribution is -2.38. The van der Waals surface area contributed by atoms with Crippen LogP contribution in [0.2, 0.25) is 0 Å². The maximum Gasteiger partial charge on any atom is 0.251 e. The molecule has 0 saturated heterocycles. The minimum atomic E-state index is -0.284. The molecule has 0 spiro atoms. The Labute approximate surface area is 174 Å². The van der Waals surface area contributed by atoms with E-state index in [9.17, 15) is 9.59 Å². The smallest absolute Gasteiger partial charge is 0.251 e. The van der Waals surface area contributed by atoms with Crippen molar-refractivity contribution in [1.82, 2.24) is 25.6 Å². The van der Waals surface area contributed by atoms with E-state index in [4.69, 9.17) is 0 Å². The molecule has 154 valence electrons. The van der Waals surface area contributed by atoms with E-state index in [1.807, 2.05) is 25.1 Å². The lowest BCUT2D eigenvalue weighted by Gasteiger charge is -2.10. The van der Waals surface area contributed by atoms with Gasteiger partial charge >= 0.3 is 0 Å². The molecule has 1 aromatic carbocycles. The van der Waals surface area contributed by atoms with Gasteiger partial charge in [-0.3, -0.25) is 9.59 Å². The van der Waals surface area contributed by atoms with Gasteiger partial charge in [0.2, 0.25) is 5.91 Å². The zero-order valence-electron chi connectivity index (χ0n) is 16.6. The van der Waals surface area contributed by atoms with Gasteiger partial charge in [0.1, 0.15) is 23.8 Å². The Morgan fingerprint density at radius 3 is 2.43 bits per heavy atom. The van der Waals surface area contributed by atoms with Gasteiger partial charge in [0.25, 0.3) is 5.91 Å². The highest BCUT2D eigenvalue weighted by molar-refractivity contribution is 5.96. The fraction of sp³-hybridized carbons (Fsp3) is 0.190. The first-order chi connectivity index (χ1) is 14.6. The van der Waals surface area contributed by atoms with Crippen molar-refractivity contribution in [1.29, 1.82) is 0 Å². The van der Waals surface area contributed by atoms with Gasteiger partial charge in [-0.1, -0.05) is 18.2 Å². The summed E-state index contributed by atoms with van der Waals surface area (Å²) >= 11 is 0. The molecule has 4 N–H and O–H groups in total. The highest BCUT2D eigenvalue weighted by atomic mass is 16.2. The molecule has 0 saturated carbocycles. The Balaban J connectivity index is 1.38. The quantitative estimate of drug-likeness (QED) is 0.401. The second kappa shape index (κ2) is 10.5. The Kier molecular flexibility index (Phi) is 7.26. The lowest BCUT2D eigenvalue weighted by molar-refractivity contribution is -0.120. The zero-order chi connectivity index (χ0) is 21.2. The molecule has 0 atom stereocenters. The van der Waals surface area contributed by atoms with Crippen LogP contribution in [0.1, 0.15) is 15.9 Å². The lowest BCUT2D eigenvalue weighted by atomic mass is 10.2. The number of nitrogens with one attached hydrogen (secondary N) is 4. The molecule has 2 amide bonds. The van der Waals surface area contributed by atoms with Crippen LogP contribution in [-0.4, -0.2) is 46.4 Å². The van der Waals surface area contributed by atoms with Crippen LogP contribution < -0.4 is 21.3 Å². The van der Waals surface area contributed by atoms with Crippen LogP contribution in [0, 0.1) is 6.92 Å². The molecule has 9 heteroatoms. The molecule has 30 heavy (non-hydrogen) atoms. The molecule has 0 unspecified atom stereocenters. The van der Waals surface area contributed by atoms with E-state index in [0.29, 0.717) is 36.1 Å². The van der Waals surface area contributed by atoms with Gasteiger partial charge in [-0.25, -0.2) is 15.0 Å². The summed E-state index contributed by atoms with van der Waals surface area (Å²) in [5, 5.41) is 11.6. The van der Waals surface area contributed by atoms with Gasteiger partial charge in [0, 0.05) is 30.9 Å². The van der Waals surface area contributed by atoms with E-state index in [0.717, 1.165) is 5.56 Å². The highest BCUT2D eigenvalue weighted by Gasteiger charge is 2.07. The molecule has 3 aromatic rings. The normalized spacial score (nSPS) is 10.2. The average molecular weight is 405 g/mol. The Hall–Kier alpha value is -4.01. The molecule has 3 rings (SSSR count). The first kappa shape index (κ1) is 20.7. The minimum Gasteiger partial charge on any atom is -0.368 e. The van der Waals surface area contributed by atoms with E-state index in [2.05, 4.69) is 36.2 Å². The Morgan fingerprint density at radius 2 is 1.63 bits per heavy atom. The van der Waals surface area contributed by atoms with E-state index in [1.165, 1.54) is 6.33 Å². The fourth-order valence-electron chi connectivity index (χ4n) is 2.57. The summed E-state index contributed by atoms with van der Waals surface area (Å²) in [4.78, 5) is 36.4. The van der Waals surface area contributed by atoms with Crippen molar-refractivity contribution in [3.63, 3.8) is 0 Å². The number of carbonyl (C=O) groups excluding carboxylic acids is 2. The molecule has 0 radical (unpaired) electrons. The Bertz CT molecular complexity index is 995. The number of hydrogen-bond donors (Lipinski definition) is 4. The van der Waals surface area contributed by atoms with Crippen molar-refractivity contribution < 1.29 is 9.59 Å². The Morgan fingerprint density at radius 1 is 0.867 bits per heavy atom. The predicted molar refractivity (Wildman–Crippen MR) is 115 cm³/mol. The van der Waals surface area contributed by atoms with Gasteiger partial charge in [0.15, 0.2) is 0 Å². The van der Waals surface area contributed by atoms with Gasteiger partial charge in [-0.15, -0.1) is 0 Å². The van der Waals surface area contributed by atoms with Crippen molar-refractivity contribution >= 4 is 29.3 Å². The number of carbonyl (C=O) groups is 2. The molecule has 9 nitrogen and oxygen atoms in total. The molecule has 2 aromatic heterocycles. The summed E-state index contributed by atoms with van der Waals surface area (Å²) in [5.74, 6) is 1.37. The third kappa shape index (κ3) is 6.55. The fourth-order valence-corrected chi connectivity index (χ4v) is 2.57. The van der Waals surface area contributed by atoms with Crippen LogP contribution in [0.15, 0.2) is 61.1 Å². The molecule has 0 aliphatic rings. The standard InChI is InChI=1S/C21H23N7O2/c1-15-7-8-22-18(11-15)28-19-12-17(26-14-27-19)23-9-10-24-20(29)13-25-21(30)16-5-3-2-4-6-16/h2-8,11-12,14H,9-10,13H2,1H3,(H,24,29)(H,25,30)(H2,22,23,26,27,28). The summed E-state index contributed by atoms with van der Waals surface area (Å²) in [5.41, 5.74) is 1.61. The molecule has 0 aliphatic carbocycles. The van der Waals surface area contributed by atoms with E-state index < -0.39 is 0 Å². The third-order valence-corrected chi connectivity index (χ3v) is 4.04. The highest BCUT2D eigenvalue weighted by Crippen LogP contribution is 2.14. The van der Waals surface area contributed by atoms with Crippen LogP contribution in [-0.2, 0) is 4.79 Å². The number of nitrogens with zero attached hydrogens (tertiary/aromatic N) is 3. The van der Waals surface area contributed by atoms with Gasteiger partial charge in [-0.2, -0.15) is 0 Å². The van der Waals surface area contributed by atoms with Crippen molar-refractivity contribution in [3.8, 4) is 0 Å². The zero-order valence-corrected chi connectivity index (χ0v) is 16.6. The summed E-state index contributed by atoms with van der Waals surface area (Å²) in [7, 11) is 0. The number of pyridine rings is 1. The number of aromatic nitrogens is 3. The summed E-state index contributed by atoms with van der Waals surface area (Å²) < 4.78 is 0. The maximum absolute atomic E-state index is 11.9. The summed E-state index contributed by atoms with van der Waals surface area (Å²) in [6.07, 6.45) is 3.17. The number of amides is 2. The van der Waals surface area contributed by atoms with Gasteiger partial charge in [-0.05, 0) is 36.8 Å². The molecule has 0 aliphatic heterocycles. The summed E-state index contributed by atoms with van der Waals surface area (Å²) in [6, 6.07) is 14.3. The van der Waals surface area contributed by atoms with Gasteiger partial charge < -0.3 is 21.3 Å². The van der Waals surface area contributed by atoms with E-state index >= 15 is 0 Å². The molecule has 2 heterocycles. The molecule has 0 fully saturated rings.